The van der Waals surface area contributed by atoms with Crippen molar-refractivity contribution in [3.8, 4) is 17.2 Å². The zero-order valence-electron chi connectivity index (χ0n) is 20.4. The molecule has 2 aliphatic carbocycles. The molecule has 9 nitrogen and oxygen atoms in total. The highest BCUT2D eigenvalue weighted by atomic mass is 16.5. The normalized spacial score (nSPS) is 22.0. The molecule has 9 heteroatoms. The van der Waals surface area contributed by atoms with E-state index in [9.17, 15) is 30.0 Å². The molecule has 2 aliphatic rings. The van der Waals surface area contributed by atoms with Crippen molar-refractivity contribution in [2.75, 3.05) is 34.3 Å². The van der Waals surface area contributed by atoms with E-state index < -0.39 is 40.8 Å². The van der Waals surface area contributed by atoms with Crippen molar-refractivity contribution >= 4 is 11.6 Å². The lowest BCUT2D eigenvalue weighted by Gasteiger charge is -2.42. The van der Waals surface area contributed by atoms with Gasteiger partial charge in [-0.15, -0.1) is 0 Å². The Balaban J connectivity index is 1.75. The number of aliphatic hydroxyl groups is 2. The van der Waals surface area contributed by atoms with Gasteiger partial charge in [0.25, 0.3) is 0 Å². The molecule has 4 rings (SSSR count). The highest BCUT2D eigenvalue weighted by Crippen LogP contribution is 2.51. The number of nitrogens with one attached hydrogen (secondary N) is 1. The second kappa shape index (κ2) is 9.23. The number of carbonyl (C=O) groups is 2. The van der Waals surface area contributed by atoms with E-state index in [0.717, 1.165) is 13.0 Å². The van der Waals surface area contributed by atoms with Crippen LogP contribution >= 0.6 is 0 Å². The predicted molar refractivity (Wildman–Crippen MR) is 128 cm³/mol. The van der Waals surface area contributed by atoms with Gasteiger partial charge in [-0.2, -0.15) is 0 Å². The van der Waals surface area contributed by atoms with Crippen LogP contribution in [0.15, 0.2) is 18.2 Å². The summed E-state index contributed by atoms with van der Waals surface area (Å²) in [5, 5.41) is 48.0. The van der Waals surface area contributed by atoms with Crippen molar-refractivity contribution in [1.82, 2.24) is 10.2 Å². The molecule has 3 atom stereocenters. The van der Waals surface area contributed by atoms with Gasteiger partial charge in [-0.1, -0.05) is 12.1 Å². The van der Waals surface area contributed by atoms with Crippen molar-refractivity contribution in [3.63, 3.8) is 0 Å². The molecule has 2 aromatic rings. The quantitative estimate of drug-likeness (QED) is 0.249. The Labute approximate surface area is 204 Å². The number of fused-ring (bicyclic) bond motifs is 3. The maximum atomic E-state index is 13.4. The molecule has 0 fully saturated rings. The first-order valence-corrected chi connectivity index (χ1v) is 11.7. The van der Waals surface area contributed by atoms with Gasteiger partial charge in [0.1, 0.15) is 17.2 Å². The number of hydrogen-bond donors (Lipinski definition) is 5. The number of ether oxygens (including phenoxy) is 1. The van der Waals surface area contributed by atoms with Gasteiger partial charge >= 0.3 is 0 Å². The van der Waals surface area contributed by atoms with Gasteiger partial charge in [0.15, 0.2) is 5.78 Å². The third kappa shape index (κ3) is 4.08. The molecule has 0 saturated carbocycles. The molecule has 188 valence electrons. The Kier molecular flexibility index (Phi) is 6.63. The monoisotopic (exact) mass is 484 g/mol. The number of hydrogen-bond acceptors (Lipinski definition) is 9. The lowest BCUT2D eigenvalue weighted by molar-refractivity contribution is -0.0464. The minimum atomic E-state index is -1.45. The fourth-order valence-corrected chi connectivity index (χ4v) is 5.21. The van der Waals surface area contributed by atoms with Crippen molar-refractivity contribution in [2.24, 2.45) is 0 Å². The fourth-order valence-electron chi connectivity index (χ4n) is 5.21. The number of benzene rings is 2. The number of phenols is 2. The minimum absolute atomic E-state index is 0.000462. The minimum Gasteiger partial charge on any atom is -0.507 e. The molecule has 2 aromatic carbocycles. The van der Waals surface area contributed by atoms with Crippen LogP contribution in [0.3, 0.4) is 0 Å². The Morgan fingerprint density at radius 3 is 2.49 bits per heavy atom. The Morgan fingerprint density at radius 2 is 1.83 bits per heavy atom. The Bertz CT molecular complexity index is 1190. The lowest BCUT2D eigenvalue weighted by atomic mass is 9.71. The molecule has 0 saturated heterocycles. The number of nitrogens with zero attached hydrogens (tertiary/aromatic N) is 1. The van der Waals surface area contributed by atoms with Crippen molar-refractivity contribution in [1.29, 1.82) is 0 Å². The molecule has 0 aliphatic heterocycles. The average Bonchev–Trinajstić information content (AvgIpc) is 2.81. The van der Waals surface area contributed by atoms with Crippen LogP contribution in [0.2, 0.25) is 0 Å². The fraction of sp³-hybridized carbons (Fsp3) is 0.462. The van der Waals surface area contributed by atoms with E-state index in [2.05, 4.69) is 10.2 Å². The third-order valence-corrected chi connectivity index (χ3v) is 7.16. The van der Waals surface area contributed by atoms with Crippen LogP contribution in [0.25, 0.3) is 0 Å². The standard InChI is InChI=1S/C26H32N2O7/c1-13(27-9-6-10-28(2)3)26(34)11-15-18(16(29)12-26)24(32)21-20(23(15)31)22(30)14-7-5-8-17(35-4)19(14)25(21)33/h5,7-8,13,16,27,29,31-32,34H,6,9-12H2,1-4H3. The Morgan fingerprint density at radius 1 is 1.14 bits per heavy atom. The molecule has 0 radical (unpaired) electrons. The second-order valence-electron chi connectivity index (χ2n) is 9.71. The van der Waals surface area contributed by atoms with E-state index >= 15 is 0 Å². The summed E-state index contributed by atoms with van der Waals surface area (Å²) >= 11 is 0. The van der Waals surface area contributed by atoms with E-state index in [-0.39, 0.29) is 52.0 Å². The van der Waals surface area contributed by atoms with E-state index in [0.29, 0.717) is 6.54 Å². The van der Waals surface area contributed by atoms with E-state index in [1.165, 1.54) is 19.2 Å². The summed E-state index contributed by atoms with van der Waals surface area (Å²) in [4.78, 5) is 28.8. The van der Waals surface area contributed by atoms with Crippen LogP contribution < -0.4 is 10.1 Å². The molecule has 35 heavy (non-hydrogen) atoms. The third-order valence-electron chi connectivity index (χ3n) is 7.16. The summed E-state index contributed by atoms with van der Waals surface area (Å²) in [6.07, 6.45) is -0.727. The van der Waals surface area contributed by atoms with Gasteiger partial charge < -0.3 is 35.4 Å². The van der Waals surface area contributed by atoms with Crippen LogP contribution in [-0.4, -0.2) is 82.8 Å². The summed E-state index contributed by atoms with van der Waals surface area (Å²) in [5.41, 5.74) is -2.05. The van der Waals surface area contributed by atoms with Gasteiger partial charge in [-0.3, -0.25) is 9.59 Å². The largest absolute Gasteiger partial charge is 0.507 e. The molecule has 0 amide bonds. The highest BCUT2D eigenvalue weighted by molar-refractivity contribution is 6.31. The molecular weight excluding hydrogens is 452 g/mol. The Hall–Kier alpha value is -2.98. The molecule has 0 heterocycles. The predicted octanol–water partition coefficient (Wildman–Crippen LogP) is 1.52. The van der Waals surface area contributed by atoms with Gasteiger partial charge in [0.05, 0.1) is 35.5 Å². The van der Waals surface area contributed by atoms with Crippen molar-refractivity contribution < 1.29 is 34.8 Å². The topological polar surface area (TPSA) is 140 Å². The van der Waals surface area contributed by atoms with Crippen LogP contribution in [0.1, 0.15) is 68.8 Å². The SMILES string of the molecule is COc1cccc2c1C(=O)c1c(O)c3c(c(O)c1C2=O)CC(O)(C(C)NCCCN(C)C)CC3O. The summed E-state index contributed by atoms with van der Waals surface area (Å²) in [7, 11) is 5.32. The summed E-state index contributed by atoms with van der Waals surface area (Å²) in [6, 6.07) is 4.11. The van der Waals surface area contributed by atoms with Gasteiger partial charge in [-0.05, 0) is 46.6 Å². The van der Waals surface area contributed by atoms with Crippen LogP contribution in [-0.2, 0) is 6.42 Å². The average molecular weight is 485 g/mol. The number of ketones is 2. The summed E-state index contributed by atoms with van der Waals surface area (Å²) < 4.78 is 5.25. The first kappa shape index (κ1) is 25.1. The number of rotatable bonds is 7. The zero-order valence-corrected chi connectivity index (χ0v) is 20.4. The maximum Gasteiger partial charge on any atom is 0.202 e. The highest BCUT2D eigenvalue weighted by Gasteiger charge is 2.47. The van der Waals surface area contributed by atoms with Crippen LogP contribution in [0.4, 0.5) is 0 Å². The molecule has 0 spiro atoms. The van der Waals surface area contributed by atoms with Gasteiger partial charge in [0.2, 0.25) is 5.78 Å². The smallest absolute Gasteiger partial charge is 0.202 e. The van der Waals surface area contributed by atoms with Crippen molar-refractivity contribution in [3.05, 3.63) is 51.6 Å². The van der Waals surface area contributed by atoms with Gasteiger partial charge in [-0.25, -0.2) is 0 Å². The van der Waals surface area contributed by atoms with Crippen LogP contribution in [0, 0.1) is 0 Å². The lowest BCUT2D eigenvalue weighted by Crippen LogP contribution is -2.53. The first-order valence-electron chi connectivity index (χ1n) is 11.7. The van der Waals surface area contributed by atoms with E-state index in [1.807, 2.05) is 14.1 Å². The number of aromatic hydroxyl groups is 2. The first-order chi connectivity index (χ1) is 16.5. The summed E-state index contributed by atoms with van der Waals surface area (Å²) in [6.45, 7) is 3.30. The molecule has 3 unspecified atom stereocenters. The number of carbonyl (C=O) groups excluding carboxylic acids is 2. The van der Waals surface area contributed by atoms with E-state index in [4.69, 9.17) is 4.74 Å². The second-order valence-corrected chi connectivity index (χ2v) is 9.71. The van der Waals surface area contributed by atoms with Crippen LogP contribution in [0.5, 0.6) is 17.2 Å². The van der Waals surface area contributed by atoms with Crippen molar-refractivity contribution in [2.45, 2.75) is 43.9 Å². The number of aliphatic hydroxyl groups excluding tert-OH is 1. The zero-order chi connectivity index (χ0) is 25.7. The molecule has 5 N–H and O–H groups in total. The van der Waals surface area contributed by atoms with Gasteiger partial charge in [0, 0.05) is 35.6 Å². The molecular formula is C26H32N2O7. The maximum absolute atomic E-state index is 13.4. The number of phenolic OH excluding ortho intramolecular Hbond substituents is 2. The molecule has 0 aromatic heterocycles. The molecule has 0 bridgehead atoms. The number of methoxy groups -OCH3 is 1. The van der Waals surface area contributed by atoms with E-state index in [1.54, 1.807) is 13.0 Å². The summed E-state index contributed by atoms with van der Waals surface area (Å²) in [5.74, 6) is -2.19.